The van der Waals surface area contributed by atoms with E-state index in [0.29, 0.717) is 12.0 Å². The third-order valence-corrected chi connectivity index (χ3v) is 3.66. The number of hydrogen-bond acceptors (Lipinski definition) is 2. The number of nitrogens with one attached hydrogen (secondary N) is 1. The maximum absolute atomic E-state index is 12.2. The van der Waals surface area contributed by atoms with Crippen LogP contribution in [-0.4, -0.2) is 23.0 Å². The molecular weight excluding hydrogens is 357 g/mol. The Morgan fingerprint density at radius 2 is 2.00 bits per heavy atom. The van der Waals surface area contributed by atoms with E-state index in [9.17, 15) is 9.59 Å². The second-order valence-electron chi connectivity index (χ2n) is 4.93. The van der Waals surface area contributed by atoms with Gasteiger partial charge in [-0.25, -0.2) is 4.79 Å². The van der Waals surface area contributed by atoms with Crippen molar-refractivity contribution in [1.82, 2.24) is 5.32 Å². The summed E-state index contributed by atoms with van der Waals surface area (Å²) in [6.07, 6.45) is 0.420. The van der Waals surface area contributed by atoms with Crippen molar-refractivity contribution < 1.29 is 14.7 Å². The van der Waals surface area contributed by atoms with Crippen LogP contribution in [0.3, 0.4) is 0 Å². The summed E-state index contributed by atoms with van der Waals surface area (Å²) < 4.78 is 0.823. The van der Waals surface area contributed by atoms with E-state index >= 15 is 0 Å². The molecule has 0 unspecified atom stereocenters. The smallest absolute Gasteiger partial charge is 0.326 e. The van der Waals surface area contributed by atoms with Crippen LogP contribution in [0, 0.1) is 16.4 Å². The Morgan fingerprint density at radius 1 is 1.37 bits per heavy atom. The summed E-state index contributed by atoms with van der Waals surface area (Å²) in [6.45, 7) is 5.70. The van der Waals surface area contributed by atoms with Crippen molar-refractivity contribution in [3.8, 4) is 0 Å². The number of carboxylic acid groups (broad SMARTS) is 1. The molecule has 0 aliphatic heterocycles. The lowest BCUT2D eigenvalue weighted by molar-refractivity contribution is -0.139. The molecule has 0 heterocycles. The average molecular weight is 375 g/mol. The Hall–Kier alpha value is -1.11. The number of halogens is 1. The fourth-order valence-corrected chi connectivity index (χ4v) is 2.72. The van der Waals surface area contributed by atoms with Crippen LogP contribution in [0.1, 0.15) is 36.2 Å². The largest absolute Gasteiger partial charge is 0.480 e. The molecule has 2 N–H and O–H groups in total. The first-order valence-electron chi connectivity index (χ1n) is 6.11. The fraction of sp³-hybridized carbons (Fsp3) is 0.429. The molecule has 1 atom stereocenters. The first-order valence-corrected chi connectivity index (χ1v) is 7.19. The number of benzene rings is 1. The van der Waals surface area contributed by atoms with Crippen LogP contribution in [0.15, 0.2) is 18.2 Å². The number of carbonyl (C=O) groups is 2. The number of aliphatic carboxylic acids is 1. The topological polar surface area (TPSA) is 66.4 Å². The van der Waals surface area contributed by atoms with Crippen LogP contribution < -0.4 is 5.32 Å². The molecule has 19 heavy (non-hydrogen) atoms. The minimum Gasteiger partial charge on any atom is -0.480 e. The number of carbonyl (C=O) groups excluding carboxylic acids is 1. The monoisotopic (exact) mass is 375 g/mol. The molecule has 1 amide bonds. The Morgan fingerprint density at radius 3 is 2.47 bits per heavy atom. The van der Waals surface area contributed by atoms with E-state index in [0.717, 1.165) is 9.13 Å². The van der Waals surface area contributed by atoms with Crippen LogP contribution in [-0.2, 0) is 4.79 Å². The molecular formula is C14H18INO3. The van der Waals surface area contributed by atoms with Crippen molar-refractivity contribution in [2.75, 3.05) is 0 Å². The van der Waals surface area contributed by atoms with Crippen molar-refractivity contribution in [3.05, 3.63) is 32.9 Å². The molecule has 0 spiro atoms. The Bertz CT molecular complexity index is 465. The molecule has 0 saturated heterocycles. The van der Waals surface area contributed by atoms with Crippen molar-refractivity contribution in [1.29, 1.82) is 0 Å². The highest BCUT2D eigenvalue weighted by Crippen LogP contribution is 2.17. The number of aryl methyl sites for hydroxylation is 1. The van der Waals surface area contributed by atoms with Gasteiger partial charge in [-0.15, -0.1) is 0 Å². The normalized spacial score (nSPS) is 12.3. The molecule has 0 bridgehead atoms. The first-order chi connectivity index (χ1) is 8.82. The Balaban J connectivity index is 2.91. The molecule has 104 valence electrons. The van der Waals surface area contributed by atoms with Gasteiger partial charge in [0.05, 0.1) is 5.56 Å². The maximum Gasteiger partial charge on any atom is 0.326 e. The second-order valence-corrected chi connectivity index (χ2v) is 6.09. The lowest BCUT2D eigenvalue weighted by Crippen LogP contribution is -2.42. The second kappa shape index (κ2) is 6.88. The summed E-state index contributed by atoms with van der Waals surface area (Å²) in [4.78, 5) is 23.4. The van der Waals surface area contributed by atoms with Gasteiger partial charge in [0.1, 0.15) is 6.04 Å². The molecule has 0 saturated carbocycles. The van der Waals surface area contributed by atoms with Gasteiger partial charge in [-0.05, 0) is 53.5 Å². The van der Waals surface area contributed by atoms with Crippen molar-refractivity contribution in [2.45, 2.75) is 33.2 Å². The summed E-state index contributed by atoms with van der Waals surface area (Å²) >= 11 is 2.08. The van der Waals surface area contributed by atoms with Gasteiger partial charge in [-0.1, -0.05) is 26.0 Å². The third-order valence-electron chi connectivity index (χ3n) is 2.76. The molecule has 1 aromatic carbocycles. The van der Waals surface area contributed by atoms with Gasteiger partial charge < -0.3 is 10.4 Å². The van der Waals surface area contributed by atoms with Gasteiger partial charge >= 0.3 is 5.97 Å². The predicted molar refractivity (Wildman–Crippen MR) is 82.2 cm³/mol. The van der Waals surface area contributed by atoms with Gasteiger partial charge in [-0.3, -0.25) is 4.79 Å². The number of carboxylic acids is 1. The summed E-state index contributed by atoms with van der Waals surface area (Å²) in [5, 5.41) is 11.7. The van der Waals surface area contributed by atoms with Gasteiger partial charge in [0.25, 0.3) is 5.91 Å². The Kier molecular flexibility index (Phi) is 5.78. The molecule has 4 nitrogen and oxygen atoms in total. The van der Waals surface area contributed by atoms with Gasteiger partial charge in [0.15, 0.2) is 0 Å². The van der Waals surface area contributed by atoms with E-state index in [-0.39, 0.29) is 11.8 Å². The molecule has 0 aliphatic carbocycles. The molecule has 0 aliphatic rings. The summed E-state index contributed by atoms with van der Waals surface area (Å²) in [6, 6.07) is 4.70. The SMILES string of the molecule is Cc1cccc(I)c1C(=O)N[C@H](CC(C)C)C(=O)O. The zero-order chi connectivity index (χ0) is 14.6. The molecule has 0 aromatic heterocycles. The summed E-state index contributed by atoms with van der Waals surface area (Å²) in [7, 11) is 0. The molecule has 1 aromatic rings. The predicted octanol–water partition coefficient (Wildman–Crippen LogP) is 2.83. The molecule has 5 heteroatoms. The fourth-order valence-electron chi connectivity index (χ4n) is 1.84. The molecule has 0 fully saturated rings. The van der Waals surface area contributed by atoms with E-state index in [1.54, 1.807) is 0 Å². The standard InChI is InChI=1S/C14H18INO3/c1-8(2)7-11(14(18)19)16-13(17)12-9(3)5-4-6-10(12)15/h4-6,8,11H,7H2,1-3H3,(H,16,17)(H,18,19)/t11-/m1/s1. The maximum atomic E-state index is 12.2. The van der Waals surface area contributed by atoms with Crippen LogP contribution >= 0.6 is 22.6 Å². The summed E-state index contributed by atoms with van der Waals surface area (Å²) in [5.74, 6) is -1.11. The van der Waals surface area contributed by atoms with Crippen LogP contribution in [0.2, 0.25) is 0 Å². The highest BCUT2D eigenvalue weighted by atomic mass is 127. The molecule has 0 radical (unpaired) electrons. The highest BCUT2D eigenvalue weighted by Gasteiger charge is 2.23. The number of amides is 1. The highest BCUT2D eigenvalue weighted by molar-refractivity contribution is 14.1. The lowest BCUT2D eigenvalue weighted by Gasteiger charge is -2.17. The van der Waals surface area contributed by atoms with Gasteiger partial charge in [-0.2, -0.15) is 0 Å². The van der Waals surface area contributed by atoms with E-state index in [1.165, 1.54) is 0 Å². The average Bonchev–Trinajstić information content (AvgIpc) is 2.27. The van der Waals surface area contributed by atoms with Gasteiger partial charge in [0.2, 0.25) is 0 Å². The zero-order valence-electron chi connectivity index (χ0n) is 11.2. The van der Waals surface area contributed by atoms with Crippen LogP contribution in [0.5, 0.6) is 0 Å². The minimum atomic E-state index is -0.995. The summed E-state index contributed by atoms with van der Waals surface area (Å²) in [5.41, 5.74) is 1.40. The first kappa shape index (κ1) is 15.9. The third kappa shape index (κ3) is 4.49. The number of hydrogen-bond donors (Lipinski definition) is 2. The zero-order valence-corrected chi connectivity index (χ0v) is 13.4. The van der Waals surface area contributed by atoms with Crippen molar-refractivity contribution >= 4 is 34.5 Å². The molecule has 1 rings (SSSR count). The van der Waals surface area contributed by atoms with Gasteiger partial charge in [0, 0.05) is 3.57 Å². The minimum absolute atomic E-state index is 0.206. The Labute approximate surface area is 126 Å². The quantitative estimate of drug-likeness (QED) is 0.778. The number of rotatable bonds is 5. The van der Waals surface area contributed by atoms with Crippen molar-refractivity contribution in [2.24, 2.45) is 5.92 Å². The van der Waals surface area contributed by atoms with E-state index < -0.39 is 12.0 Å². The van der Waals surface area contributed by atoms with E-state index in [1.807, 2.05) is 39.0 Å². The van der Waals surface area contributed by atoms with Crippen LogP contribution in [0.25, 0.3) is 0 Å². The van der Waals surface area contributed by atoms with Crippen LogP contribution in [0.4, 0.5) is 0 Å². The lowest BCUT2D eigenvalue weighted by atomic mass is 10.0. The van der Waals surface area contributed by atoms with Crippen molar-refractivity contribution in [3.63, 3.8) is 0 Å². The van der Waals surface area contributed by atoms with E-state index in [4.69, 9.17) is 5.11 Å². The van der Waals surface area contributed by atoms with E-state index in [2.05, 4.69) is 27.9 Å².